The number of carbonyl (C=O) groups excluding carboxylic acids is 1. The molecule has 2 aromatic heterocycles. The van der Waals surface area contributed by atoms with Crippen LogP contribution >= 0.6 is 11.8 Å². The van der Waals surface area contributed by atoms with Crippen LogP contribution in [0.1, 0.15) is 0 Å². The number of amides is 1. The van der Waals surface area contributed by atoms with E-state index in [0.29, 0.717) is 11.0 Å². The van der Waals surface area contributed by atoms with Gasteiger partial charge in [-0.25, -0.2) is 4.39 Å². The Kier molecular flexibility index (Phi) is 5.08. The van der Waals surface area contributed by atoms with Gasteiger partial charge in [0.25, 0.3) is 0 Å². The molecule has 0 saturated heterocycles. The molecule has 3 aromatic rings. The Morgan fingerprint density at radius 2 is 1.80 bits per heavy atom. The number of carbonyl (C=O) groups is 1. The average molecular weight is 357 g/mol. The van der Waals surface area contributed by atoms with Crippen molar-refractivity contribution in [3.8, 4) is 17.1 Å². The van der Waals surface area contributed by atoms with Crippen LogP contribution in [-0.4, -0.2) is 50.4 Å². The second-order valence-corrected chi connectivity index (χ2v) is 6.37. The van der Waals surface area contributed by atoms with Crippen LogP contribution in [0, 0.1) is 5.82 Å². The summed E-state index contributed by atoms with van der Waals surface area (Å²) in [7, 11) is 3.41. The number of benzene rings is 1. The molecule has 0 unspecified atom stereocenters. The third kappa shape index (κ3) is 3.85. The third-order valence-corrected chi connectivity index (χ3v) is 4.39. The maximum atomic E-state index is 13.3. The van der Waals surface area contributed by atoms with Gasteiger partial charge in [-0.1, -0.05) is 11.8 Å². The highest BCUT2D eigenvalue weighted by molar-refractivity contribution is 7.99. The van der Waals surface area contributed by atoms with Crippen LogP contribution in [0.5, 0.6) is 0 Å². The molecule has 0 saturated carbocycles. The van der Waals surface area contributed by atoms with Crippen molar-refractivity contribution in [2.45, 2.75) is 5.16 Å². The van der Waals surface area contributed by atoms with Crippen molar-refractivity contribution in [1.82, 2.24) is 24.6 Å². The summed E-state index contributed by atoms with van der Waals surface area (Å²) in [4.78, 5) is 17.4. The van der Waals surface area contributed by atoms with E-state index in [1.165, 1.54) is 28.8 Å². The van der Waals surface area contributed by atoms with Gasteiger partial charge in [-0.05, 0) is 36.4 Å². The molecule has 0 fully saturated rings. The van der Waals surface area contributed by atoms with Crippen molar-refractivity contribution >= 4 is 17.7 Å². The van der Waals surface area contributed by atoms with Gasteiger partial charge >= 0.3 is 0 Å². The Hall–Kier alpha value is -2.74. The zero-order valence-electron chi connectivity index (χ0n) is 13.8. The first-order valence-electron chi connectivity index (χ1n) is 7.51. The molecule has 6 nitrogen and oxygen atoms in total. The Labute approximate surface area is 148 Å². The van der Waals surface area contributed by atoms with Gasteiger partial charge in [0, 0.05) is 37.7 Å². The topological polar surface area (TPSA) is 63.9 Å². The molecule has 0 aliphatic heterocycles. The number of hydrogen-bond acceptors (Lipinski definition) is 5. The summed E-state index contributed by atoms with van der Waals surface area (Å²) in [6.07, 6.45) is 3.34. The Balaban J connectivity index is 2.02. The van der Waals surface area contributed by atoms with Crippen LogP contribution in [0.2, 0.25) is 0 Å². The van der Waals surface area contributed by atoms with Crippen molar-refractivity contribution in [3.63, 3.8) is 0 Å². The standard InChI is InChI=1S/C17H16FN5OS/c1-22(2)15(24)11-25-17-21-20-16(12-7-9-19-10-8-12)23(17)14-5-3-13(18)4-6-14/h3-10H,11H2,1-2H3. The van der Waals surface area contributed by atoms with Crippen LogP contribution in [0.3, 0.4) is 0 Å². The van der Waals surface area contributed by atoms with E-state index in [4.69, 9.17) is 0 Å². The van der Waals surface area contributed by atoms with Gasteiger partial charge in [0.1, 0.15) is 5.82 Å². The minimum Gasteiger partial charge on any atom is -0.348 e. The van der Waals surface area contributed by atoms with Crippen LogP contribution in [0.25, 0.3) is 17.1 Å². The van der Waals surface area contributed by atoms with Crippen molar-refractivity contribution in [1.29, 1.82) is 0 Å². The zero-order chi connectivity index (χ0) is 17.8. The second-order valence-electron chi connectivity index (χ2n) is 5.43. The highest BCUT2D eigenvalue weighted by Gasteiger charge is 2.17. The fourth-order valence-electron chi connectivity index (χ4n) is 2.13. The molecule has 2 heterocycles. The van der Waals surface area contributed by atoms with E-state index in [-0.39, 0.29) is 17.5 Å². The maximum Gasteiger partial charge on any atom is 0.232 e. The Morgan fingerprint density at radius 3 is 2.44 bits per heavy atom. The molecule has 25 heavy (non-hydrogen) atoms. The molecule has 0 aliphatic carbocycles. The number of rotatable bonds is 5. The molecule has 128 valence electrons. The lowest BCUT2D eigenvalue weighted by molar-refractivity contribution is -0.125. The van der Waals surface area contributed by atoms with E-state index >= 15 is 0 Å². The molecule has 0 N–H and O–H groups in total. The van der Waals surface area contributed by atoms with Crippen molar-refractivity contribution in [2.24, 2.45) is 0 Å². The SMILES string of the molecule is CN(C)C(=O)CSc1nnc(-c2ccncc2)n1-c1ccc(F)cc1. The zero-order valence-corrected chi connectivity index (χ0v) is 14.6. The summed E-state index contributed by atoms with van der Waals surface area (Å²) in [5.41, 5.74) is 1.55. The number of hydrogen-bond donors (Lipinski definition) is 0. The molecule has 0 spiro atoms. The molecule has 1 amide bonds. The molecule has 0 aliphatic rings. The van der Waals surface area contributed by atoms with Gasteiger partial charge in [0.15, 0.2) is 11.0 Å². The lowest BCUT2D eigenvalue weighted by Gasteiger charge is -2.12. The summed E-state index contributed by atoms with van der Waals surface area (Å²) in [6.45, 7) is 0. The lowest BCUT2D eigenvalue weighted by Crippen LogP contribution is -2.23. The Morgan fingerprint density at radius 1 is 1.12 bits per heavy atom. The van der Waals surface area contributed by atoms with Crippen LogP contribution in [0.15, 0.2) is 53.9 Å². The first-order valence-corrected chi connectivity index (χ1v) is 8.49. The summed E-state index contributed by atoms with van der Waals surface area (Å²) < 4.78 is 15.1. The number of pyridine rings is 1. The molecular weight excluding hydrogens is 341 g/mol. The van der Waals surface area contributed by atoms with Gasteiger partial charge in [-0.15, -0.1) is 10.2 Å². The fraction of sp³-hybridized carbons (Fsp3) is 0.176. The van der Waals surface area contributed by atoms with E-state index in [0.717, 1.165) is 11.3 Å². The van der Waals surface area contributed by atoms with Crippen molar-refractivity contribution < 1.29 is 9.18 Å². The van der Waals surface area contributed by atoms with Gasteiger partial charge < -0.3 is 4.90 Å². The third-order valence-electron chi connectivity index (χ3n) is 3.48. The maximum absolute atomic E-state index is 13.3. The normalized spacial score (nSPS) is 10.7. The molecule has 0 bridgehead atoms. The summed E-state index contributed by atoms with van der Waals surface area (Å²) >= 11 is 1.29. The van der Waals surface area contributed by atoms with Gasteiger partial charge in [-0.3, -0.25) is 14.3 Å². The first-order chi connectivity index (χ1) is 12.1. The van der Waals surface area contributed by atoms with E-state index in [9.17, 15) is 9.18 Å². The second kappa shape index (κ2) is 7.43. The van der Waals surface area contributed by atoms with Gasteiger partial charge in [0.2, 0.25) is 5.91 Å². The van der Waals surface area contributed by atoms with E-state index in [1.54, 1.807) is 38.6 Å². The smallest absolute Gasteiger partial charge is 0.232 e. The van der Waals surface area contributed by atoms with Crippen LogP contribution in [0.4, 0.5) is 4.39 Å². The predicted molar refractivity (Wildman–Crippen MR) is 94.0 cm³/mol. The number of thioether (sulfide) groups is 1. The quantitative estimate of drug-likeness (QED) is 0.657. The lowest BCUT2D eigenvalue weighted by atomic mass is 10.2. The highest BCUT2D eigenvalue weighted by Crippen LogP contribution is 2.27. The van der Waals surface area contributed by atoms with Crippen LogP contribution < -0.4 is 0 Å². The Bertz CT molecular complexity index is 865. The molecule has 0 radical (unpaired) electrons. The number of halogens is 1. The molecule has 8 heteroatoms. The monoisotopic (exact) mass is 357 g/mol. The fourth-order valence-corrected chi connectivity index (χ4v) is 3.06. The molecule has 1 aromatic carbocycles. The minimum atomic E-state index is -0.320. The first kappa shape index (κ1) is 17.1. The number of nitrogens with zero attached hydrogens (tertiary/aromatic N) is 5. The average Bonchev–Trinajstić information content (AvgIpc) is 3.05. The van der Waals surface area contributed by atoms with Crippen LogP contribution in [-0.2, 0) is 4.79 Å². The van der Waals surface area contributed by atoms with E-state index in [2.05, 4.69) is 15.2 Å². The van der Waals surface area contributed by atoms with Crippen molar-refractivity contribution in [2.75, 3.05) is 19.8 Å². The van der Waals surface area contributed by atoms with Crippen molar-refractivity contribution in [3.05, 3.63) is 54.6 Å². The molecule has 3 rings (SSSR count). The predicted octanol–water partition coefficient (Wildman–Crippen LogP) is 2.65. The minimum absolute atomic E-state index is 0.0240. The molecular formula is C17H16FN5OS. The van der Waals surface area contributed by atoms with Gasteiger partial charge in [-0.2, -0.15) is 0 Å². The van der Waals surface area contributed by atoms with E-state index in [1.807, 2.05) is 16.7 Å². The molecule has 0 atom stereocenters. The summed E-state index contributed by atoms with van der Waals surface area (Å²) in [6, 6.07) is 9.71. The summed E-state index contributed by atoms with van der Waals surface area (Å²) in [5.74, 6) is 0.500. The largest absolute Gasteiger partial charge is 0.348 e. The highest BCUT2D eigenvalue weighted by atomic mass is 32.2. The number of aromatic nitrogens is 4. The summed E-state index contributed by atoms with van der Waals surface area (Å²) in [5, 5.41) is 9.03. The van der Waals surface area contributed by atoms with E-state index < -0.39 is 0 Å². The van der Waals surface area contributed by atoms with Gasteiger partial charge in [0.05, 0.1) is 5.75 Å².